The zero-order chi connectivity index (χ0) is 17.7. The number of rotatable bonds is 2. The van der Waals surface area contributed by atoms with Crippen LogP contribution < -0.4 is 0 Å². The molecule has 25 heavy (non-hydrogen) atoms. The van der Waals surface area contributed by atoms with Gasteiger partial charge in [-0.15, -0.1) is 0 Å². The second kappa shape index (κ2) is 5.75. The maximum absolute atomic E-state index is 13.3. The van der Waals surface area contributed by atoms with Crippen molar-refractivity contribution in [3.05, 3.63) is 47.5 Å². The molecule has 2 saturated heterocycles. The normalized spacial score (nSPS) is 26.0. The van der Waals surface area contributed by atoms with Gasteiger partial charge in [-0.25, -0.2) is 8.78 Å². The Morgan fingerprint density at radius 2 is 1.56 bits per heavy atom. The third-order valence-corrected chi connectivity index (χ3v) is 5.22. The Bertz CT molecular complexity index is 776. The Balaban J connectivity index is 1.43. The van der Waals surface area contributed by atoms with Gasteiger partial charge in [-0.3, -0.25) is 19.3 Å². The molecule has 1 aromatic carbocycles. The van der Waals surface area contributed by atoms with Gasteiger partial charge >= 0.3 is 0 Å². The molecule has 4 rings (SSSR count). The van der Waals surface area contributed by atoms with E-state index in [0.717, 1.165) is 12.1 Å². The largest absolute Gasteiger partial charge is 0.334 e. The first-order chi connectivity index (χ1) is 12.0. The summed E-state index contributed by atoms with van der Waals surface area (Å²) in [6.07, 6.45) is 5.01. The van der Waals surface area contributed by atoms with Crippen LogP contribution in [0.25, 0.3) is 0 Å². The molecule has 0 aromatic heterocycles. The first-order valence-corrected chi connectivity index (χ1v) is 8.23. The van der Waals surface area contributed by atoms with Crippen molar-refractivity contribution in [1.82, 2.24) is 9.80 Å². The summed E-state index contributed by atoms with van der Waals surface area (Å²) in [5, 5.41) is 0. The molecular weight excluding hydrogens is 330 g/mol. The molecule has 130 valence electrons. The van der Waals surface area contributed by atoms with Gasteiger partial charge in [0.2, 0.25) is 11.8 Å². The van der Waals surface area contributed by atoms with Crippen LogP contribution in [-0.4, -0.2) is 46.7 Å². The Hall–Kier alpha value is -2.57. The summed E-state index contributed by atoms with van der Waals surface area (Å²) in [4.78, 5) is 40.0. The first kappa shape index (κ1) is 15.9. The molecule has 0 unspecified atom stereocenters. The van der Waals surface area contributed by atoms with E-state index >= 15 is 0 Å². The maximum Gasteiger partial charge on any atom is 0.254 e. The highest BCUT2D eigenvalue weighted by molar-refractivity contribution is 6.06. The molecule has 2 heterocycles. The summed E-state index contributed by atoms with van der Waals surface area (Å²) in [6.45, 7) is 0.449. The second-order valence-corrected chi connectivity index (χ2v) is 6.70. The minimum Gasteiger partial charge on any atom is -0.334 e. The van der Waals surface area contributed by atoms with E-state index < -0.39 is 17.5 Å². The molecule has 0 N–H and O–H groups in total. The van der Waals surface area contributed by atoms with Gasteiger partial charge < -0.3 is 4.90 Å². The quantitative estimate of drug-likeness (QED) is 0.605. The number of carbonyl (C=O) groups is 3. The fraction of sp³-hybridized carbons (Fsp3) is 0.389. The number of hydrogen-bond acceptors (Lipinski definition) is 3. The van der Waals surface area contributed by atoms with Crippen LogP contribution in [0.4, 0.5) is 8.78 Å². The fourth-order valence-electron chi connectivity index (χ4n) is 3.78. The van der Waals surface area contributed by atoms with Gasteiger partial charge in [0.15, 0.2) is 11.6 Å². The standard InChI is InChI=1S/C18H16F2N2O3/c19-14-6-5-10(7-15(14)20)16(23)21-8-11(9-21)22-17(24)12-3-1-2-4-13(12)18(22)25/h1-2,5-7,11-13H,3-4,8-9H2/t12-,13-/m0/s1. The van der Waals surface area contributed by atoms with Gasteiger partial charge in [0.1, 0.15) is 0 Å². The average molecular weight is 346 g/mol. The van der Waals surface area contributed by atoms with Crippen molar-refractivity contribution in [3.63, 3.8) is 0 Å². The van der Waals surface area contributed by atoms with E-state index in [0.29, 0.717) is 12.8 Å². The Morgan fingerprint density at radius 3 is 2.12 bits per heavy atom. The van der Waals surface area contributed by atoms with Crippen LogP contribution in [0, 0.1) is 23.5 Å². The van der Waals surface area contributed by atoms with Crippen molar-refractivity contribution < 1.29 is 23.2 Å². The Kier molecular flexibility index (Phi) is 3.67. The fourth-order valence-corrected chi connectivity index (χ4v) is 3.78. The third kappa shape index (κ3) is 2.45. The van der Waals surface area contributed by atoms with Crippen LogP contribution in [0.2, 0.25) is 0 Å². The van der Waals surface area contributed by atoms with Crippen LogP contribution in [0.5, 0.6) is 0 Å². The number of hydrogen-bond donors (Lipinski definition) is 0. The zero-order valence-electron chi connectivity index (χ0n) is 13.3. The summed E-state index contributed by atoms with van der Waals surface area (Å²) in [6, 6.07) is 2.66. The minimum atomic E-state index is -1.08. The number of likely N-dealkylation sites (tertiary alicyclic amines) is 2. The van der Waals surface area contributed by atoms with E-state index in [2.05, 4.69) is 0 Å². The molecule has 2 atom stereocenters. The molecule has 3 aliphatic rings. The van der Waals surface area contributed by atoms with Crippen molar-refractivity contribution in [2.45, 2.75) is 18.9 Å². The number of benzene rings is 1. The van der Waals surface area contributed by atoms with E-state index in [-0.39, 0.29) is 48.3 Å². The molecule has 0 saturated carbocycles. The van der Waals surface area contributed by atoms with E-state index in [1.807, 2.05) is 12.2 Å². The van der Waals surface area contributed by atoms with Crippen molar-refractivity contribution >= 4 is 17.7 Å². The summed E-state index contributed by atoms with van der Waals surface area (Å²) in [7, 11) is 0. The zero-order valence-corrected chi connectivity index (χ0v) is 13.3. The molecule has 2 fully saturated rings. The summed E-state index contributed by atoms with van der Waals surface area (Å²) >= 11 is 0. The van der Waals surface area contributed by atoms with Crippen LogP contribution in [-0.2, 0) is 9.59 Å². The highest BCUT2D eigenvalue weighted by atomic mass is 19.2. The minimum absolute atomic E-state index is 0.0503. The molecule has 1 aliphatic carbocycles. The molecule has 7 heteroatoms. The van der Waals surface area contributed by atoms with Gasteiger partial charge in [-0.1, -0.05) is 12.2 Å². The molecule has 0 radical (unpaired) electrons. The lowest BCUT2D eigenvalue weighted by Gasteiger charge is -2.43. The first-order valence-electron chi connectivity index (χ1n) is 8.23. The van der Waals surface area contributed by atoms with Gasteiger partial charge in [0, 0.05) is 18.7 Å². The predicted molar refractivity (Wildman–Crippen MR) is 83.3 cm³/mol. The smallest absolute Gasteiger partial charge is 0.254 e. The number of nitrogens with zero attached hydrogens (tertiary/aromatic N) is 2. The van der Waals surface area contributed by atoms with E-state index in [1.54, 1.807) is 0 Å². The molecule has 5 nitrogen and oxygen atoms in total. The SMILES string of the molecule is O=C(c1ccc(F)c(F)c1)N1CC(N2C(=O)[C@H]3CC=CC[C@@H]3C2=O)C1. The summed E-state index contributed by atoms with van der Waals surface area (Å²) in [5.74, 6) is -3.42. The number of amides is 3. The van der Waals surface area contributed by atoms with Crippen molar-refractivity contribution in [1.29, 1.82) is 0 Å². The maximum atomic E-state index is 13.3. The lowest BCUT2D eigenvalue weighted by molar-refractivity contribution is -0.145. The summed E-state index contributed by atoms with van der Waals surface area (Å²) < 4.78 is 26.2. The van der Waals surface area contributed by atoms with Crippen molar-refractivity contribution in [3.8, 4) is 0 Å². The van der Waals surface area contributed by atoms with E-state index in [4.69, 9.17) is 0 Å². The van der Waals surface area contributed by atoms with Crippen LogP contribution in [0.1, 0.15) is 23.2 Å². The number of fused-ring (bicyclic) bond motifs is 1. The van der Waals surface area contributed by atoms with Gasteiger partial charge in [0.25, 0.3) is 5.91 Å². The van der Waals surface area contributed by atoms with E-state index in [9.17, 15) is 23.2 Å². The molecule has 3 amide bonds. The third-order valence-electron chi connectivity index (χ3n) is 5.22. The highest BCUT2D eigenvalue weighted by Gasteiger charge is 2.52. The molecule has 1 aromatic rings. The number of allylic oxidation sites excluding steroid dienone is 2. The van der Waals surface area contributed by atoms with Crippen molar-refractivity contribution in [2.75, 3.05) is 13.1 Å². The second-order valence-electron chi connectivity index (χ2n) is 6.70. The highest BCUT2D eigenvalue weighted by Crippen LogP contribution is 2.37. The Morgan fingerprint density at radius 1 is 0.960 bits per heavy atom. The van der Waals surface area contributed by atoms with Crippen LogP contribution in [0.3, 0.4) is 0 Å². The van der Waals surface area contributed by atoms with Crippen LogP contribution in [0.15, 0.2) is 30.4 Å². The van der Waals surface area contributed by atoms with Crippen molar-refractivity contribution in [2.24, 2.45) is 11.8 Å². The molecule has 2 aliphatic heterocycles. The number of imide groups is 1. The topological polar surface area (TPSA) is 57.7 Å². The molecular formula is C18H16F2N2O3. The van der Waals surface area contributed by atoms with Crippen LogP contribution >= 0.6 is 0 Å². The summed E-state index contributed by atoms with van der Waals surface area (Å²) in [5.41, 5.74) is 0.0503. The van der Waals surface area contributed by atoms with Gasteiger partial charge in [-0.05, 0) is 31.0 Å². The average Bonchev–Trinajstić information content (AvgIpc) is 2.81. The monoisotopic (exact) mass is 346 g/mol. The Labute approximate surface area is 142 Å². The predicted octanol–water partition coefficient (Wildman–Crippen LogP) is 1.74. The molecule has 0 bridgehead atoms. The van der Waals surface area contributed by atoms with Gasteiger partial charge in [0.05, 0.1) is 17.9 Å². The van der Waals surface area contributed by atoms with E-state index in [1.165, 1.54) is 15.9 Å². The number of carbonyl (C=O) groups excluding carboxylic acids is 3. The lowest BCUT2D eigenvalue weighted by atomic mass is 9.85. The lowest BCUT2D eigenvalue weighted by Crippen LogP contribution is -2.62. The number of halogens is 2. The molecule has 0 spiro atoms. The van der Waals surface area contributed by atoms with Gasteiger partial charge in [-0.2, -0.15) is 0 Å².